The van der Waals surface area contributed by atoms with E-state index in [9.17, 15) is 5.11 Å². The Kier molecular flexibility index (Phi) is 2.04. The highest BCUT2D eigenvalue weighted by Gasteiger charge is 2.67. The summed E-state index contributed by atoms with van der Waals surface area (Å²) in [5.41, 5.74) is -0.377. The molecule has 3 atom stereocenters. The molecule has 2 saturated carbocycles. The van der Waals surface area contributed by atoms with E-state index in [-0.39, 0.29) is 17.4 Å². The maximum Gasteiger partial charge on any atom is 0.0730 e. The van der Waals surface area contributed by atoms with Gasteiger partial charge in [-0.3, -0.25) is 0 Å². The van der Waals surface area contributed by atoms with E-state index in [1.165, 1.54) is 6.42 Å². The number of fused-ring (bicyclic) bond motifs is 2. The first kappa shape index (κ1) is 10.4. The minimum Gasteiger partial charge on any atom is -0.396 e. The summed E-state index contributed by atoms with van der Waals surface area (Å²) in [5.74, 6) is 0.643. The molecule has 14 heavy (non-hydrogen) atoms. The van der Waals surface area contributed by atoms with Crippen LogP contribution >= 0.6 is 0 Å². The minimum absolute atomic E-state index is 0.00734. The second kappa shape index (κ2) is 2.73. The number of aliphatic hydroxyl groups excluding tert-OH is 1. The van der Waals surface area contributed by atoms with Gasteiger partial charge in [-0.25, -0.2) is 0 Å². The molecule has 82 valence electrons. The summed E-state index contributed by atoms with van der Waals surface area (Å²) in [6, 6.07) is 0. The zero-order chi connectivity index (χ0) is 10.6. The predicted octanol–water partition coefficient (Wildman–Crippen LogP) is 1.95. The Bertz CT molecular complexity index is 249. The van der Waals surface area contributed by atoms with Gasteiger partial charge in [0.15, 0.2) is 0 Å². The van der Waals surface area contributed by atoms with Crippen molar-refractivity contribution in [3.8, 4) is 0 Å². The van der Waals surface area contributed by atoms with Gasteiger partial charge in [-0.2, -0.15) is 0 Å². The van der Waals surface area contributed by atoms with Gasteiger partial charge in [0.25, 0.3) is 0 Å². The quantitative estimate of drug-likeness (QED) is 0.712. The number of aliphatic hydroxyl groups is 2. The predicted molar refractivity (Wildman–Crippen MR) is 55.9 cm³/mol. The summed E-state index contributed by atoms with van der Waals surface area (Å²) in [6.45, 7) is 6.87. The fourth-order valence-electron chi connectivity index (χ4n) is 3.98. The summed E-state index contributed by atoms with van der Waals surface area (Å²) in [5, 5.41) is 19.7. The highest BCUT2D eigenvalue weighted by atomic mass is 16.3. The zero-order valence-corrected chi connectivity index (χ0v) is 9.51. The smallest absolute Gasteiger partial charge is 0.0730 e. The first-order valence-electron chi connectivity index (χ1n) is 5.71. The molecular weight excluding hydrogens is 176 g/mol. The fraction of sp³-hybridized carbons (Fsp3) is 1.00. The Balaban J connectivity index is 2.35. The molecule has 0 amide bonds. The summed E-state index contributed by atoms with van der Waals surface area (Å²) in [7, 11) is 0. The standard InChI is InChI=1S/C12H22O2/c1-10(2)9-4-5-11(10,3)12(14,8-9)6-7-13/h9,13-14H,4-8H2,1-3H3. The Labute approximate surface area is 86.3 Å². The van der Waals surface area contributed by atoms with Gasteiger partial charge in [-0.1, -0.05) is 20.8 Å². The third-order valence-electron chi connectivity index (χ3n) is 5.57. The molecule has 3 unspecified atom stereocenters. The lowest BCUT2D eigenvalue weighted by molar-refractivity contribution is -0.101. The van der Waals surface area contributed by atoms with E-state index in [1.807, 2.05) is 0 Å². The molecule has 0 saturated heterocycles. The Hall–Kier alpha value is -0.0800. The average molecular weight is 198 g/mol. The van der Waals surface area contributed by atoms with Crippen LogP contribution in [0.25, 0.3) is 0 Å². The summed E-state index contributed by atoms with van der Waals surface area (Å²) in [4.78, 5) is 0. The van der Waals surface area contributed by atoms with Gasteiger partial charge < -0.3 is 10.2 Å². The third kappa shape index (κ3) is 0.938. The molecule has 0 aromatic carbocycles. The molecular formula is C12H22O2. The normalized spacial score (nSPS) is 49.9. The van der Waals surface area contributed by atoms with Crippen molar-refractivity contribution in [2.75, 3.05) is 6.61 Å². The van der Waals surface area contributed by atoms with Crippen LogP contribution in [-0.2, 0) is 0 Å². The lowest BCUT2D eigenvalue weighted by Gasteiger charge is -2.45. The zero-order valence-electron chi connectivity index (χ0n) is 9.51. The first-order valence-corrected chi connectivity index (χ1v) is 5.71. The maximum atomic E-state index is 10.6. The minimum atomic E-state index is -0.617. The second-order valence-electron chi connectivity index (χ2n) is 6.00. The van der Waals surface area contributed by atoms with Crippen molar-refractivity contribution in [1.29, 1.82) is 0 Å². The molecule has 2 heteroatoms. The van der Waals surface area contributed by atoms with Crippen molar-refractivity contribution < 1.29 is 10.2 Å². The molecule has 2 N–H and O–H groups in total. The molecule has 0 aliphatic heterocycles. The third-order valence-corrected chi connectivity index (χ3v) is 5.57. The van der Waals surface area contributed by atoms with Gasteiger partial charge in [0.2, 0.25) is 0 Å². The molecule has 2 aliphatic rings. The Morgan fingerprint density at radius 2 is 1.93 bits per heavy atom. The van der Waals surface area contributed by atoms with E-state index in [2.05, 4.69) is 20.8 Å². The molecule has 0 heterocycles. The maximum absolute atomic E-state index is 10.6. The van der Waals surface area contributed by atoms with Crippen molar-refractivity contribution in [1.82, 2.24) is 0 Å². The first-order chi connectivity index (χ1) is 6.37. The van der Waals surface area contributed by atoms with Crippen LogP contribution in [0.1, 0.15) is 46.5 Å². The Morgan fingerprint density at radius 1 is 1.29 bits per heavy atom. The summed E-state index contributed by atoms with van der Waals surface area (Å²) >= 11 is 0. The average Bonchev–Trinajstić information content (AvgIpc) is 2.36. The molecule has 2 nitrogen and oxygen atoms in total. The largest absolute Gasteiger partial charge is 0.396 e. The topological polar surface area (TPSA) is 40.5 Å². The van der Waals surface area contributed by atoms with Crippen LogP contribution in [0.3, 0.4) is 0 Å². The number of hydrogen-bond acceptors (Lipinski definition) is 2. The van der Waals surface area contributed by atoms with Gasteiger partial charge in [0.05, 0.1) is 5.60 Å². The van der Waals surface area contributed by atoms with Crippen molar-refractivity contribution in [3.63, 3.8) is 0 Å². The van der Waals surface area contributed by atoms with Gasteiger partial charge in [-0.15, -0.1) is 0 Å². The Morgan fingerprint density at radius 3 is 2.29 bits per heavy atom. The van der Waals surface area contributed by atoms with Gasteiger partial charge in [-0.05, 0) is 37.0 Å². The van der Waals surface area contributed by atoms with Crippen molar-refractivity contribution in [3.05, 3.63) is 0 Å². The van der Waals surface area contributed by atoms with E-state index < -0.39 is 5.60 Å². The van der Waals surface area contributed by atoms with E-state index in [0.717, 1.165) is 12.8 Å². The molecule has 0 spiro atoms. The van der Waals surface area contributed by atoms with E-state index >= 15 is 0 Å². The molecule has 2 fully saturated rings. The van der Waals surface area contributed by atoms with Crippen LogP contribution in [0.5, 0.6) is 0 Å². The van der Waals surface area contributed by atoms with Crippen molar-refractivity contribution in [2.45, 2.75) is 52.1 Å². The van der Waals surface area contributed by atoms with Crippen LogP contribution in [0, 0.1) is 16.7 Å². The van der Waals surface area contributed by atoms with E-state index in [4.69, 9.17) is 5.11 Å². The van der Waals surface area contributed by atoms with Crippen LogP contribution in [-0.4, -0.2) is 22.4 Å². The highest BCUT2D eigenvalue weighted by Crippen LogP contribution is 2.70. The van der Waals surface area contributed by atoms with Crippen LogP contribution in [0.4, 0.5) is 0 Å². The molecule has 2 aliphatic carbocycles. The van der Waals surface area contributed by atoms with Crippen LogP contribution in [0.2, 0.25) is 0 Å². The molecule has 0 aromatic rings. The molecule has 0 aromatic heterocycles. The molecule has 2 rings (SSSR count). The highest BCUT2D eigenvalue weighted by molar-refractivity contribution is 5.17. The molecule has 0 radical (unpaired) electrons. The van der Waals surface area contributed by atoms with Gasteiger partial charge in [0.1, 0.15) is 0 Å². The monoisotopic (exact) mass is 198 g/mol. The number of rotatable bonds is 2. The second-order valence-corrected chi connectivity index (χ2v) is 6.00. The SMILES string of the molecule is CC1(C)C2CCC1(C)C(O)(CCO)C2. The van der Waals surface area contributed by atoms with Gasteiger partial charge >= 0.3 is 0 Å². The van der Waals surface area contributed by atoms with E-state index in [1.54, 1.807) is 0 Å². The summed E-state index contributed by atoms with van der Waals surface area (Å²) in [6.07, 6.45) is 3.79. The van der Waals surface area contributed by atoms with E-state index in [0.29, 0.717) is 12.3 Å². The van der Waals surface area contributed by atoms with Crippen LogP contribution < -0.4 is 0 Å². The van der Waals surface area contributed by atoms with Gasteiger partial charge in [0, 0.05) is 12.0 Å². The number of hydrogen-bond donors (Lipinski definition) is 2. The fourth-order valence-corrected chi connectivity index (χ4v) is 3.98. The molecule has 2 bridgehead atoms. The summed E-state index contributed by atoms with van der Waals surface area (Å²) < 4.78 is 0. The van der Waals surface area contributed by atoms with Crippen molar-refractivity contribution in [2.24, 2.45) is 16.7 Å². The van der Waals surface area contributed by atoms with Crippen molar-refractivity contribution >= 4 is 0 Å². The lowest BCUT2D eigenvalue weighted by atomic mass is 9.63. The van der Waals surface area contributed by atoms with Crippen LogP contribution in [0.15, 0.2) is 0 Å². The lowest BCUT2D eigenvalue weighted by Crippen LogP contribution is -2.47.